The summed E-state index contributed by atoms with van der Waals surface area (Å²) in [4.78, 5) is 15.9. The van der Waals surface area contributed by atoms with Crippen molar-refractivity contribution in [2.45, 2.75) is 51.1 Å². The second-order valence-electron chi connectivity index (χ2n) is 5.33. The predicted octanol–water partition coefficient (Wildman–Crippen LogP) is 0.635. The quantitative estimate of drug-likeness (QED) is 0.494. The summed E-state index contributed by atoms with van der Waals surface area (Å²) in [5.41, 5.74) is 0. The van der Waals surface area contributed by atoms with Crippen LogP contribution in [0.3, 0.4) is 0 Å². The second-order valence-corrected chi connectivity index (χ2v) is 5.33. The number of amides is 1. The highest BCUT2D eigenvalue weighted by molar-refractivity contribution is 5.86. The molecule has 0 bridgehead atoms. The first-order chi connectivity index (χ1) is 9.65. The van der Waals surface area contributed by atoms with Crippen molar-refractivity contribution in [2.75, 3.05) is 27.3 Å². The van der Waals surface area contributed by atoms with Crippen LogP contribution in [0.4, 0.5) is 0 Å². The average molecular weight is 284 g/mol. The molecule has 20 heavy (non-hydrogen) atoms. The summed E-state index contributed by atoms with van der Waals surface area (Å²) in [6, 6.07) is 0.494. The van der Waals surface area contributed by atoms with Gasteiger partial charge in [-0.1, -0.05) is 19.3 Å². The number of rotatable bonds is 6. The number of carbonyl (C=O) groups is 1. The van der Waals surface area contributed by atoms with Crippen LogP contribution in [0.5, 0.6) is 0 Å². The third-order valence-electron chi connectivity index (χ3n) is 3.41. The third kappa shape index (κ3) is 6.75. The Kier molecular flexibility index (Phi) is 8.02. The van der Waals surface area contributed by atoms with Crippen LogP contribution in [0, 0.1) is 0 Å². The van der Waals surface area contributed by atoms with E-state index in [2.05, 4.69) is 20.9 Å². The number of ether oxygens (including phenoxy) is 1. The standard InChI is InChI=1S/C14H28N4O2/c1-11(10-20-3)17-14(15-2)16-9-13(19)18-12-7-5-4-6-8-12/h11-12H,4-10H2,1-3H3,(H,18,19)(H2,15,16,17). The number of carbonyl (C=O) groups excluding carboxylic acids is 1. The number of methoxy groups -OCH3 is 1. The number of hydrogen-bond acceptors (Lipinski definition) is 3. The van der Waals surface area contributed by atoms with Crippen molar-refractivity contribution >= 4 is 11.9 Å². The maximum atomic E-state index is 11.9. The molecule has 116 valence electrons. The van der Waals surface area contributed by atoms with E-state index in [0.717, 1.165) is 12.8 Å². The van der Waals surface area contributed by atoms with E-state index in [4.69, 9.17) is 4.74 Å². The van der Waals surface area contributed by atoms with Gasteiger partial charge in [-0.3, -0.25) is 9.79 Å². The number of nitrogens with zero attached hydrogens (tertiary/aromatic N) is 1. The molecule has 3 N–H and O–H groups in total. The van der Waals surface area contributed by atoms with E-state index >= 15 is 0 Å². The van der Waals surface area contributed by atoms with Gasteiger partial charge in [0.1, 0.15) is 0 Å². The summed E-state index contributed by atoms with van der Waals surface area (Å²) in [7, 11) is 3.35. The van der Waals surface area contributed by atoms with Crippen molar-refractivity contribution in [1.82, 2.24) is 16.0 Å². The van der Waals surface area contributed by atoms with E-state index in [1.165, 1.54) is 19.3 Å². The van der Waals surface area contributed by atoms with Gasteiger partial charge in [-0.2, -0.15) is 0 Å². The molecule has 1 atom stereocenters. The highest BCUT2D eigenvalue weighted by atomic mass is 16.5. The van der Waals surface area contributed by atoms with Crippen molar-refractivity contribution in [3.63, 3.8) is 0 Å². The molecular formula is C14H28N4O2. The van der Waals surface area contributed by atoms with Crippen LogP contribution in [-0.4, -0.2) is 51.3 Å². The molecule has 0 spiro atoms. The average Bonchev–Trinajstić information content (AvgIpc) is 2.44. The maximum Gasteiger partial charge on any atom is 0.239 e. The van der Waals surface area contributed by atoms with Crippen LogP contribution >= 0.6 is 0 Å². The molecule has 1 unspecified atom stereocenters. The van der Waals surface area contributed by atoms with Gasteiger partial charge in [0.15, 0.2) is 5.96 Å². The molecule has 0 aromatic carbocycles. The van der Waals surface area contributed by atoms with Gasteiger partial charge in [0.2, 0.25) is 5.91 Å². The Bertz CT molecular complexity index is 314. The Morgan fingerprint density at radius 3 is 2.65 bits per heavy atom. The predicted molar refractivity (Wildman–Crippen MR) is 80.9 cm³/mol. The summed E-state index contributed by atoms with van der Waals surface area (Å²) in [6.45, 7) is 2.84. The molecule has 1 amide bonds. The summed E-state index contributed by atoms with van der Waals surface area (Å²) < 4.78 is 5.05. The SMILES string of the molecule is CN=C(NCC(=O)NC1CCCCC1)NC(C)COC. The fourth-order valence-corrected chi connectivity index (χ4v) is 2.41. The van der Waals surface area contributed by atoms with Gasteiger partial charge < -0.3 is 20.7 Å². The van der Waals surface area contributed by atoms with Gasteiger partial charge >= 0.3 is 0 Å². The smallest absolute Gasteiger partial charge is 0.239 e. The molecule has 1 aliphatic carbocycles. The monoisotopic (exact) mass is 284 g/mol. The molecule has 1 saturated carbocycles. The normalized spacial score (nSPS) is 18.4. The van der Waals surface area contributed by atoms with Crippen molar-refractivity contribution < 1.29 is 9.53 Å². The summed E-state index contributed by atoms with van der Waals surface area (Å²) >= 11 is 0. The topological polar surface area (TPSA) is 74.8 Å². The van der Waals surface area contributed by atoms with E-state index in [-0.39, 0.29) is 18.5 Å². The zero-order valence-electron chi connectivity index (χ0n) is 12.9. The van der Waals surface area contributed by atoms with Crippen LogP contribution < -0.4 is 16.0 Å². The van der Waals surface area contributed by atoms with Gasteiger partial charge in [-0.15, -0.1) is 0 Å². The zero-order chi connectivity index (χ0) is 14.8. The largest absolute Gasteiger partial charge is 0.383 e. The first-order valence-corrected chi connectivity index (χ1v) is 7.41. The Hall–Kier alpha value is -1.30. The van der Waals surface area contributed by atoms with Crippen molar-refractivity contribution in [3.8, 4) is 0 Å². The third-order valence-corrected chi connectivity index (χ3v) is 3.41. The van der Waals surface area contributed by atoms with E-state index in [1.54, 1.807) is 14.2 Å². The lowest BCUT2D eigenvalue weighted by Crippen LogP contribution is -2.48. The highest BCUT2D eigenvalue weighted by Gasteiger charge is 2.15. The number of guanidine groups is 1. The molecular weight excluding hydrogens is 256 g/mol. The molecule has 0 heterocycles. The molecule has 0 radical (unpaired) electrons. The lowest BCUT2D eigenvalue weighted by Gasteiger charge is -2.23. The van der Waals surface area contributed by atoms with Gasteiger partial charge in [-0.05, 0) is 19.8 Å². The van der Waals surface area contributed by atoms with Gasteiger partial charge in [0, 0.05) is 26.2 Å². The van der Waals surface area contributed by atoms with E-state index in [1.807, 2.05) is 6.92 Å². The zero-order valence-corrected chi connectivity index (χ0v) is 12.9. The Morgan fingerprint density at radius 1 is 1.35 bits per heavy atom. The molecule has 0 aromatic heterocycles. The van der Waals surface area contributed by atoms with Gasteiger partial charge in [0.05, 0.1) is 13.2 Å². The molecule has 6 nitrogen and oxygen atoms in total. The minimum absolute atomic E-state index is 0.0271. The molecule has 0 aromatic rings. The fraction of sp³-hybridized carbons (Fsp3) is 0.857. The lowest BCUT2D eigenvalue weighted by molar-refractivity contribution is -0.120. The first kappa shape index (κ1) is 16.8. The van der Waals surface area contributed by atoms with Gasteiger partial charge in [0.25, 0.3) is 0 Å². The molecule has 0 aliphatic heterocycles. The lowest BCUT2D eigenvalue weighted by atomic mass is 9.95. The number of nitrogens with one attached hydrogen (secondary N) is 3. The number of aliphatic imine (C=N–C) groups is 1. The van der Waals surface area contributed by atoms with Crippen molar-refractivity contribution in [2.24, 2.45) is 4.99 Å². The van der Waals surface area contributed by atoms with E-state index < -0.39 is 0 Å². The number of hydrogen-bond donors (Lipinski definition) is 3. The first-order valence-electron chi connectivity index (χ1n) is 7.41. The molecule has 0 saturated heterocycles. The molecule has 1 rings (SSSR count). The van der Waals surface area contributed by atoms with E-state index in [0.29, 0.717) is 18.6 Å². The van der Waals surface area contributed by atoms with Crippen molar-refractivity contribution in [1.29, 1.82) is 0 Å². The van der Waals surface area contributed by atoms with Crippen LogP contribution in [0.15, 0.2) is 4.99 Å². The van der Waals surface area contributed by atoms with Crippen LogP contribution in [-0.2, 0) is 9.53 Å². The Labute approximate surface area is 121 Å². The fourth-order valence-electron chi connectivity index (χ4n) is 2.41. The molecule has 1 fully saturated rings. The Morgan fingerprint density at radius 2 is 2.05 bits per heavy atom. The summed E-state index contributed by atoms with van der Waals surface area (Å²) in [5, 5.41) is 9.25. The second kappa shape index (κ2) is 9.58. The van der Waals surface area contributed by atoms with Gasteiger partial charge in [-0.25, -0.2) is 0 Å². The van der Waals surface area contributed by atoms with Crippen LogP contribution in [0.1, 0.15) is 39.0 Å². The van der Waals surface area contributed by atoms with Crippen LogP contribution in [0.2, 0.25) is 0 Å². The van der Waals surface area contributed by atoms with Crippen molar-refractivity contribution in [3.05, 3.63) is 0 Å². The minimum Gasteiger partial charge on any atom is -0.383 e. The van der Waals surface area contributed by atoms with E-state index in [9.17, 15) is 4.79 Å². The molecule has 6 heteroatoms. The summed E-state index contributed by atoms with van der Waals surface area (Å²) in [5.74, 6) is 0.646. The minimum atomic E-state index is 0.0271. The maximum absolute atomic E-state index is 11.9. The van der Waals surface area contributed by atoms with Crippen LogP contribution in [0.25, 0.3) is 0 Å². The molecule has 1 aliphatic rings. The highest BCUT2D eigenvalue weighted by Crippen LogP contribution is 2.16. The summed E-state index contributed by atoms with van der Waals surface area (Å²) in [6.07, 6.45) is 5.93. The Balaban J connectivity index is 2.23.